The van der Waals surface area contributed by atoms with E-state index in [-0.39, 0.29) is 12.1 Å². The fourth-order valence-corrected chi connectivity index (χ4v) is 3.85. The number of hydrogen-bond acceptors (Lipinski definition) is 4. The van der Waals surface area contributed by atoms with Crippen molar-refractivity contribution in [2.24, 2.45) is 0 Å². The summed E-state index contributed by atoms with van der Waals surface area (Å²) in [4.78, 5) is 23.9. The summed E-state index contributed by atoms with van der Waals surface area (Å²) in [5.74, 6) is -1.51. The van der Waals surface area contributed by atoms with Crippen LogP contribution in [0.5, 0.6) is 0 Å². The molecule has 1 saturated heterocycles. The van der Waals surface area contributed by atoms with Crippen LogP contribution >= 0.6 is 0 Å². The van der Waals surface area contributed by atoms with Crippen LogP contribution in [0.4, 0.5) is 0 Å². The van der Waals surface area contributed by atoms with Gasteiger partial charge in [-0.1, -0.05) is 25.7 Å². The first-order valence-electron chi connectivity index (χ1n) is 9.07. The molecule has 1 atom stereocenters. The fourth-order valence-electron chi connectivity index (χ4n) is 3.85. The van der Waals surface area contributed by atoms with E-state index in [0.29, 0.717) is 13.2 Å². The maximum Gasteiger partial charge on any atom is 0.309 e. The summed E-state index contributed by atoms with van der Waals surface area (Å²) in [5.41, 5.74) is 0. The lowest BCUT2D eigenvalue weighted by molar-refractivity contribution is -0.161. The van der Waals surface area contributed by atoms with Gasteiger partial charge in [-0.15, -0.1) is 0 Å². The number of nitrogens with one attached hydrogen (secondary N) is 2. The Hall–Kier alpha value is -1.14. The summed E-state index contributed by atoms with van der Waals surface area (Å²) < 4.78 is 11.7. The van der Waals surface area contributed by atoms with Crippen molar-refractivity contribution in [1.82, 2.24) is 10.6 Å². The second kappa shape index (κ2) is 7.62. The Morgan fingerprint density at radius 2 is 1.65 bits per heavy atom. The van der Waals surface area contributed by atoms with Crippen LogP contribution in [0.2, 0.25) is 0 Å². The zero-order chi connectivity index (χ0) is 16.1. The monoisotopic (exact) mass is 324 g/mol. The highest BCUT2D eigenvalue weighted by Gasteiger charge is 2.43. The van der Waals surface area contributed by atoms with Crippen LogP contribution < -0.4 is 10.6 Å². The molecule has 0 unspecified atom stereocenters. The summed E-state index contributed by atoms with van der Waals surface area (Å²) in [6.07, 6.45) is 10.6. The number of hydrogen-bond donors (Lipinski definition) is 2. The Morgan fingerprint density at radius 1 is 0.957 bits per heavy atom. The molecule has 2 amide bonds. The van der Waals surface area contributed by atoms with Crippen LogP contribution in [0.25, 0.3) is 0 Å². The highest BCUT2D eigenvalue weighted by Crippen LogP contribution is 2.38. The van der Waals surface area contributed by atoms with Crippen LogP contribution in [0.1, 0.15) is 64.2 Å². The molecule has 3 fully saturated rings. The Bertz CT molecular complexity index is 426. The van der Waals surface area contributed by atoms with E-state index in [1.165, 1.54) is 12.8 Å². The SMILES string of the molecule is O=C(NC[C@H]1COC2(CCCC2)O1)C(=O)NC1CCCCCC1. The van der Waals surface area contributed by atoms with Gasteiger partial charge >= 0.3 is 11.8 Å². The number of carbonyl (C=O) groups is 2. The standard InChI is InChI=1S/C17H28N2O4/c20-15(16(21)19-13-7-3-1-2-4-8-13)18-11-14-12-22-17(23-14)9-5-6-10-17/h13-14H,1-12H2,(H,18,20)(H,19,21)/t14-/m0/s1. The minimum absolute atomic E-state index is 0.142. The predicted molar refractivity (Wildman–Crippen MR) is 84.7 cm³/mol. The summed E-state index contributed by atoms with van der Waals surface area (Å²) in [6.45, 7) is 0.823. The third-order valence-electron chi connectivity index (χ3n) is 5.17. The van der Waals surface area contributed by atoms with E-state index in [1.807, 2.05) is 0 Å². The van der Waals surface area contributed by atoms with Gasteiger partial charge in [0.2, 0.25) is 0 Å². The largest absolute Gasteiger partial charge is 0.347 e. The minimum atomic E-state index is -0.565. The molecule has 0 aromatic rings. The van der Waals surface area contributed by atoms with E-state index in [2.05, 4.69) is 10.6 Å². The highest BCUT2D eigenvalue weighted by molar-refractivity contribution is 6.35. The summed E-state index contributed by atoms with van der Waals surface area (Å²) in [7, 11) is 0. The van der Waals surface area contributed by atoms with Crippen LogP contribution in [-0.2, 0) is 19.1 Å². The lowest BCUT2D eigenvalue weighted by atomic mass is 10.1. The van der Waals surface area contributed by atoms with Crippen molar-refractivity contribution in [3.05, 3.63) is 0 Å². The fraction of sp³-hybridized carbons (Fsp3) is 0.882. The molecule has 2 saturated carbocycles. The first-order valence-corrected chi connectivity index (χ1v) is 9.07. The van der Waals surface area contributed by atoms with Crippen molar-refractivity contribution >= 4 is 11.8 Å². The molecule has 0 radical (unpaired) electrons. The summed E-state index contributed by atoms with van der Waals surface area (Å²) in [6, 6.07) is 0.142. The highest BCUT2D eigenvalue weighted by atomic mass is 16.7. The van der Waals surface area contributed by atoms with Gasteiger partial charge in [0.1, 0.15) is 6.10 Å². The van der Waals surface area contributed by atoms with Crippen LogP contribution in [0.3, 0.4) is 0 Å². The van der Waals surface area contributed by atoms with E-state index in [9.17, 15) is 9.59 Å². The van der Waals surface area contributed by atoms with Crippen molar-refractivity contribution in [2.75, 3.05) is 13.2 Å². The normalized spacial score (nSPS) is 27.7. The van der Waals surface area contributed by atoms with Gasteiger partial charge in [0, 0.05) is 25.4 Å². The maximum absolute atomic E-state index is 12.0. The Kier molecular flexibility index (Phi) is 5.54. The molecule has 1 aliphatic heterocycles. The first-order chi connectivity index (χ1) is 11.2. The molecule has 0 bridgehead atoms. The summed E-state index contributed by atoms with van der Waals surface area (Å²) >= 11 is 0. The number of ether oxygens (including phenoxy) is 2. The molecule has 130 valence electrons. The first kappa shape index (κ1) is 16.7. The molecule has 23 heavy (non-hydrogen) atoms. The molecule has 0 aromatic heterocycles. The molecule has 2 aliphatic carbocycles. The number of carbonyl (C=O) groups excluding carboxylic acids is 2. The van der Waals surface area contributed by atoms with Gasteiger partial charge in [-0.2, -0.15) is 0 Å². The van der Waals surface area contributed by atoms with Crippen LogP contribution in [-0.4, -0.2) is 42.9 Å². The van der Waals surface area contributed by atoms with Gasteiger partial charge in [-0.25, -0.2) is 0 Å². The van der Waals surface area contributed by atoms with Crippen molar-refractivity contribution in [1.29, 1.82) is 0 Å². The molecule has 6 heteroatoms. The topological polar surface area (TPSA) is 76.7 Å². The van der Waals surface area contributed by atoms with Crippen molar-refractivity contribution < 1.29 is 19.1 Å². The molecular weight excluding hydrogens is 296 g/mol. The minimum Gasteiger partial charge on any atom is -0.347 e. The maximum atomic E-state index is 12.0. The zero-order valence-electron chi connectivity index (χ0n) is 13.8. The Morgan fingerprint density at radius 3 is 2.35 bits per heavy atom. The van der Waals surface area contributed by atoms with Crippen molar-refractivity contribution in [3.63, 3.8) is 0 Å². The lowest BCUT2D eigenvalue weighted by Crippen LogP contribution is -2.46. The Labute approximate surface area is 137 Å². The quantitative estimate of drug-likeness (QED) is 0.611. The van der Waals surface area contributed by atoms with E-state index in [0.717, 1.165) is 51.4 Å². The third kappa shape index (κ3) is 4.44. The number of amides is 2. The van der Waals surface area contributed by atoms with Crippen molar-refractivity contribution in [3.8, 4) is 0 Å². The van der Waals surface area contributed by atoms with E-state index in [1.54, 1.807) is 0 Å². The van der Waals surface area contributed by atoms with Gasteiger partial charge in [0.05, 0.1) is 6.61 Å². The third-order valence-corrected chi connectivity index (χ3v) is 5.17. The van der Waals surface area contributed by atoms with E-state index < -0.39 is 17.6 Å². The molecule has 3 aliphatic rings. The van der Waals surface area contributed by atoms with E-state index in [4.69, 9.17) is 9.47 Å². The molecular formula is C17H28N2O4. The second-order valence-corrected chi connectivity index (χ2v) is 7.04. The predicted octanol–water partition coefficient (Wildman–Crippen LogP) is 1.63. The molecule has 2 N–H and O–H groups in total. The van der Waals surface area contributed by atoms with Crippen LogP contribution in [0.15, 0.2) is 0 Å². The number of rotatable bonds is 3. The second-order valence-electron chi connectivity index (χ2n) is 7.04. The van der Waals surface area contributed by atoms with Crippen molar-refractivity contribution in [2.45, 2.75) is 82.1 Å². The molecule has 6 nitrogen and oxygen atoms in total. The molecule has 1 spiro atoms. The summed E-state index contributed by atoms with van der Waals surface area (Å²) in [5, 5.41) is 5.54. The average Bonchev–Trinajstić information content (AvgIpc) is 3.09. The Balaban J connectivity index is 1.38. The van der Waals surface area contributed by atoms with E-state index >= 15 is 0 Å². The molecule has 1 heterocycles. The van der Waals surface area contributed by atoms with Gasteiger partial charge in [-0.05, 0) is 25.7 Å². The molecule has 0 aromatic carbocycles. The average molecular weight is 324 g/mol. The molecule has 3 rings (SSSR count). The van der Waals surface area contributed by atoms with Gasteiger partial charge < -0.3 is 20.1 Å². The van der Waals surface area contributed by atoms with Gasteiger partial charge in [0.25, 0.3) is 0 Å². The zero-order valence-corrected chi connectivity index (χ0v) is 13.8. The smallest absolute Gasteiger partial charge is 0.309 e. The van der Waals surface area contributed by atoms with Crippen LogP contribution in [0, 0.1) is 0 Å². The van der Waals surface area contributed by atoms with Gasteiger partial charge in [-0.3, -0.25) is 9.59 Å². The van der Waals surface area contributed by atoms with Gasteiger partial charge in [0.15, 0.2) is 5.79 Å². The lowest BCUT2D eigenvalue weighted by Gasteiger charge is -2.22.